The average molecular weight is 329 g/mol. The zero-order valence-corrected chi connectivity index (χ0v) is 15.2. The van der Waals surface area contributed by atoms with Crippen molar-refractivity contribution in [1.82, 2.24) is 0 Å². The maximum Gasteiger partial charge on any atom is 0.0644 e. The molecule has 0 aliphatic heterocycles. The largest absolute Gasteiger partial charge is 0.393 e. The third-order valence-electron chi connectivity index (χ3n) is 6.95. The molecule has 22 heavy (non-hydrogen) atoms. The van der Waals surface area contributed by atoms with Crippen molar-refractivity contribution in [1.29, 1.82) is 0 Å². The fraction of sp³-hybridized carbons (Fsp3) is 1.00. The number of hydrogen-bond acceptors (Lipinski definition) is 2. The van der Waals surface area contributed by atoms with Crippen molar-refractivity contribution < 1.29 is 10.2 Å². The van der Waals surface area contributed by atoms with Crippen molar-refractivity contribution in [3.05, 3.63) is 0 Å². The maximum atomic E-state index is 10.8. The van der Waals surface area contributed by atoms with Gasteiger partial charge in [-0.25, -0.2) is 10.0 Å². The van der Waals surface area contributed by atoms with Crippen LogP contribution in [-0.4, -0.2) is 44.4 Å². The Hall–Kier alpha value is 0.270. The van der Waals surface area contributed by atoms with Crippen LogP contribution in [0.2, 0.25) is 0 Å². The lowest BCUT2D eigenvalue weighted by Crippen LogP contribution is -2.45. The second-order valence-corrected chi connectivity index (χ2v) is 12.4. The van der Waals surface area contributed by atoms with Crippen molar-refractivity contribution in [3.63, 3.8) is 0 Å². The molecule has 3 unspecified atom stereocenters. The molecular formula is C19H36O2S. The van der Waals surface area contributed by atoms with E-state index in [1.54, 1.807) is 0 Å². The van der Waals surface area contributed by atoms with Crippen LogP contribution in [0.15, 0.2) is 0 Å². The van der Waals surface area contributed by atoms with Crippen molar-refractivity contribution in [3.8, 4) is 0 Å². The molecule has 3 fully saturated rings. The lowest BCUT2D eigenvalue weighted by atomic mass is 9.96. The van der Waals surface area contributed by atoms with Crippen LogP contribution >= 0.6 is 10.0 Å². The molecule has 2 nitrogen and oxygen atoms in total. The molecule has 3 aliphatic rings. The van der Waals surface area contributed by atoms with Crippen LogP contribution in [0, 0.1) is 0 Å². The minimum absolute atomic E-state index is 0.0393. The first-order valence-corrected chi connectivity index (χ1v) is 12.0. The summed E-state index contributed by atoms with van der Waals surface area (Å²) in [5.41, 5.74) is 0. The van der Waals surface area contributed by atoms with Gasteiger partial charge in [-0.2, -0.15) is 0 Å². The molecular weight excluding hydrogens is 292 g/mol. The first kappa shape index (κ1) is 17.1. The smallest absolute Gasteiger partial charge is 0.0644 e. The molecule has 0 spiro atoms. The van der Waals surface area contributed by atoms with Gasteiger partial charge < -0.3 is 10.2 Å². The topological polar surface area (TPSA) is 40.5 Å². The number of aliphatic hydroxyl groups excluding tert-OH is 2. The lowest BCUT2D eigenvalue weighted by molar-refractivity contribution is 0.127. The van der Waals surface area contributed by atoms with Crippen LogP contribution in [0.1, 0.15) is 83.5 Å². The van der Waals surface area contributed by atoms with E-state index in [0.717, 1.165) is 29.8 Å². The predicted octanol–water partition coefficient (Wildman–Crippen LogP) is 4.36. The third kappa shape index (κ3) is 3.37. The van der Waals surface area contributed by atoms with Crippen molar-refractivity contribution >= 4 is 10.0 Å². The van der Waals surface area contributed by atoms with Gasteiger partial charge in [-0.05, 0) is 68.1 Å². The molecule has 3 heteroatoms. The summed E-state index contributed by atoms with van der Waals surface area (Å²) in [4.78, 5) is 0. The van der Waals surface area contributed by atoms with Gasteiger partial charge in [-0.15, -0.1) is 0 Å². The lowest BCUT2D eigenvalue weighted by Gasteiger charge is -2.59. The Bertz CT molecular complexity index is 347. The predicted molar refractivity (Wildman–Crippen MR) is 96.9 cm³/mol. The standard InChI is InChI=1S/C19H36O2S/c1-22(16-7-3-2-4-8-16,17-13-11-15(20)12-14-17)19-10-6-5-9-18(19)21/h15-21H,2-14H2,1H3. The second kappa shape index (κ2) is 7.44. The summed E-state index contributed by atoms with van der Waals surface area (Å²) in [6.45, 7) is 0. The summed E-state index contributed by atoms with van der Waals surface area (Å²) in [5, 5.41) is 23.0. The van der Waals surface area contributed by atoms with Crippen LogP contribution in [0.25, 0.3) is 0 Å². The summed E-state index contributed by atoms with van der Waals surface area (Å²) >= 11 is 0. The Morgan fingerprint density at radius 3 is 1.82 bits per heavy atom. The Labute approximate surface area is 138 Å². The van der Waals surface area contributed by atoms with E-state index in [-0.39, 0.29) is 12.2 Å². The molecule has 0 amide bonds. The molecule has 3 saturated carbocycles. The van der Waals surface area contributed by atoms with E-state index in [4.69, 9.17) is 0 Å². The molecule has 3 atom stereocenters. The summed E-state index contributed by atoms with van der Waals surface area (Å²) < 4.78 is 0. The molecule has 0 saturated heterocycles. The Morgan fingerprint density at radius 2 is 1.18 bits per heavy atom. The highest BCUT2D eigenvalue weighted by Crippen LogP contribution is 2.66. The van der Waals surface area contributed by atoms with Crippen LogP contribution < -0.4 is 0 Å². The van der Waals surface area contributed by atoms with Gasteiger partial charge in [-0.3, -0.25) is 0 Å². The fourth-order valence-corrected chi connectivity index (χ4v) is 11.2. The van der Waals surface area contributed by atoms with Gasteiger partial charge in [-0.1, -0.05) is 32.1 Å². The van der Waals surface area contributed by atoms with Crippen molar-refractivity contribution in [2.75, 3.05) is 6.26 Å². The zero-order valence-electron chi connectivity index (χ0n) is 14.4. The third-order valence-corrected chi connectivity index (χ3v) is 12.6. The molecule has 0 aromatic carbocycles. The van der Waals surface area contributed by atoms with Gasteiger partial charge in [0, 0.05) is 5.25 Å². The molecule has 3 aliphatic carbocycles. The van der Waals surface area contributed by atoms with E-state index in [9.17, 15) is 10.2 Å². The normalized spacial score (nSPS) is 42.5. The average Bonchev–Trinajstić information content (AvgIpc) is 2.56. The summed E-state index contributed by atoms with van der Waals surface area (Å²) in [6, 6.07) is 0. The SMILES string of the molecule is CS(C1CCCCC1)(C1CCC(O)CC1)C1CCCCC1O. The number of hydrogen-bond donors (Lipinski definition) is 2. The van der Waals surface area contributed by atoms with Gasteiger partial charge in [0.25, 0.3) is 0 Å². The van der Waals surface area contributed by atoms with Gasteiger partial charge in [0.05, 0.1) is 12.2 Å². The van der Waals surface area contributed by atoms with Crippen LogP contribution in [0.3, 0.4) is 0 Å². The van der Waals surface area contributed by atoms with Crippen molar-refractivity contribution in [2.45, 2.75) is 111 Å². The molecule has 0 aromatic heterocycles. The maximum absolute atomic E-state index is 10.8. The van der Waals surface area contributed by atoms with E-state index >= 15 is 0 Å². The highest BCUT2D eigenvalue weighted by molar-refractivity contribution is 8.34. The Balaban J connectivity index is 1.83. The van der Waals surface area contributed by atoms with Gasteiger partial charge in [0.2, 0.25) is 0 Å². The van der Waals surface area contributed by atoms with Gasteiger partial charge in [0.1, 0.15) is 0 Å². The van der Waals surface area contributed by atoms with E-state index in [1.807, 2.05) is 0 Å². The minimum atomic E-state index is -0.778. The number of rotatable bonds is 3. The molecule has 0 heterocycles. The van der Waals surface area contributed by atoms with Crippen LogP contribution in [0.5, 0.6) is 0 Å². The second-order valence-electron chi connectivity index (χ2n) is 8.20. The monoisotopic (exact) mass is 328 g/mol. The van der Waals surface area contributed by atoms with E-state index in [0.29, 0.717) is 5.25 Å². The fourth-order valence-electron chi connectivity index (χ4n) is 5.56. The van der Waals surface area contributed by atoms with Crippen molar-refractivity contribution in [2.24, 2.45) is 0 Å². The highest BCUT2D eigenvalue weighted by Gasteiger charge is 2.46. The van der Waals surface area contributed by atoms with Crippen LogP contribution in [-0.2, 0) is 0 Å². The molecule has 0 bridgehead atoms. The van der Waals surface area contributed by atoms with E-state index < -0.39 is 10.0 Å². The molecule has 0 aromatic rings. The Kier molecular flexibility index (Phi) is 5.79. The first-order valence-electron chi connectivity index (χ1n) is 9.73. The number of aliphatic hydroxyl groups is 2. The molecule has 3 rings (SSSR count). The summed E-state index contributed by atoms with van der Waals surface area (Å²) in [6.07, 6.45) is 18.9. The highest BCUT2D eigenvalue weighted by atomic mass is 32.3. The molecule has 130 valence electrons. The minimum Gasteiger partial charge on any atom is -0.393 e. The quantitative estimate of drug-likeness (QED) is 0.808. The molecule has 0 radical (unpaired) electrons. The zero-order chi connectivity index (χ0) is 15.6. The van der Waals surface area contributed by atoms with Gasteiger partial charge in [0.15, 0.2) is 0 Å². The summed E-state index contributed by atoms with van der Waals surface area (Å²) in [5.74, 6) is 0. The van der Waals surface area contributed by atoms with E-state index in [2.05, 4.69) is 6.26 Å². The van der Waals surface area contributed by atoms with Crippen LogP contribution in [0.4, 0.5) is 0 Å². The first-order chi connectivity index (χ1) is 10.6. The molecule has 2 N–H and O–H groups in total. The van der Waals surface area contributed by atoms with Gasteiger partial charge >= 0.3 is 0 Å². The van der Waals surface area contributed by atoms with E-state index in [1.165, 1.54) is 64.2 Å². The Morgan fingerprint density at radius 1 is 0.636 bits per heavy atom. The summed E-state index contributed by atoms with van der Waals surface area (Å²) in [7, 11) is -0.778.